The topological polar surface area (TPSA) is 53.4 Å². The van der Waals surface area contributed by atoms with Crippen LogP contribution < -0.4 is 0 Å². The molecule has 5 heteroatoms. The highest BCUT2D eigenvalue weighted by molar-refractivity contribution is 7.07. The van der Waals surface area contributed by atoms with Crippen LogP contribution in [-0.2, 0) is 0 Å². The second-order valence-electron chi connectivity index (χ2n) is 3.60. The summed E-state index contributed by atoms with van der Waals surface area (Å²) in [7, 11) is 0. The van der Waals surface area contributed by atoms with E-state index in [1.54, 1.807) is 15.8 Å². The summed E-state index contributed by atoms with van der Waals surface area (Å²) in [6.07, 6.45) is 3.20. The lowest BCUT2D eigenvalue weighted by Gasteiger charge is -2.20. The molecule has 0 saturated heterocycles. The molecule has 1 amide bonds. The van der Waals surface area contributed by atoms with Crippen LogP contribution in [0.2, 0.25) is 0 Å². The predicted octanol–water partition coefficient (Wildman–Crippen LogP) is 1.77. The first-order valence-electron chi connectivity index (χ1n) is 5.58. The van der Waals surface area contributed by atoms with E-state index in [4.69, 9.17) is 5.11 Å². The van der Waals surface area contributed by atoms with Gasteiger partial charge in [0.1, 0.15) is 5.69 Å². The monoisotopic (exact) mass is 242 g/mol. The van der Waals surface area contributed by atoms with Crippen molar-refractivity contribution in [1.82, 2.24) is 9.88 Å². The SMILES string of the molecule is CCCCCN(CCO)C(=O)c1cscn1. The Bertz CT molecular complexity index is 301. The molecular weight excluding hydrogens is 224 g/mol. The lowest BCUT2D eigenvalue weighted by atomic mass is 10.2. The zero-order valence-corrected chi connectivity index (χ0v) is 10.4. The van der Waals surface area contributed by atoms with E-state index in [0.717, 1.165) is 19.3 Å². The molecular formula is C11H18N2O2S. The number of aliphatic hydroxyl groups is 1. The summed E-state index contributed by atoms with van der Waals surface area (Å²) < 4.78 is 0. The number of hydrogen-bond donors (Lipinski definition) is 1. The first-order chi connectivity index (χ1) is 7.79. The highest BCUT2D eigenvalue weighted by Crippen LogP contribution is 2.07. The van der Waals surface area contributed by atoms with Gasteiger partial charge in [-0.25, -0.2) is 4.98 Å². The number of amides is 1. The molecule has 1 rings (SSSR count). The normalized spacial score (nSPS) is 10.4. The molecule has 0 aromatic carbocycles. The van der Waals surface area contributed by atoms with Crippen molar-refractivity contribution in [3.05, 3.63) is 16.6 Å². The molecule has 0 atom stereocenters. The Morgan fingerprint density at radius 3 is 2.88 bits per heavy atom. The highest BCUT2D eigenvalue weighted by Gasteiger charge is 2.16. The van der Waals surface area contributed by atoms with Crippen molar-refractivity contribution in [3.8, 4) is 0 Å². The number of aromatic nitrogens is 1. The van der Waals surface area contributed by atoms with Crippen molar-refractivity contribution in [2.45, 2.75) is 26.2 Å². The largest absolute Gasteiger partial charge is 0.395 e. The van der Waals surface area contributed by atoms with E-state index in [1.807, 2.05) is 0 Å². The van der Waals surface area contributed by atoms with Crippen molar-refractivity contribution < 1.29 is 9.90 Å². The van der Waals surface area contributed by atoms with Gasteiger partial charge in [0, 0.05) is 18.5 Å². The Labute approximate surface area is 99.9 Å². The molecule has 0 spiro atoms. The molecule has 1 aromatic heterocycles. The van der Waals surface area contributed by atoms with Crippen LogP contribution >= 0.6 is 11.3 Å². The third kappa shape index (κ3) is 3.90. The number of unbranched alkanes of at least 4 members (excludes halogenated alkanes) is 2. The summed E-state index contributed by atoms with van der Waals surface area (Å²) in [4.78, 5) is 17.6. The van der Waals surface area contributed by atoms with Crippen LogP contribution in [0.4, 0.5) is 0 Å². The van der Waals surface area contributed by atoms with Gasteiger partial charge < -0.3 is 10.0 Å². The third-order valence-corrected chi connectivity index (χ3v) is 2.93. The van der Waals surface area contributed by atoms with Gasteiger partial charge in [-0.15, -0.1) is 11.3 Å². The Morgan fingerprint density at radius 1 is 1.50 bits per heavy atom. The van der Waals surface area contributed by atoms with E-state index in [2.05, 4.69) is 11.9 Å². The van der Waals surface area contributed by atoms with Crippen LogP contribution in [0.3, 0.4) is 0 Å². The van der Waals surface area contributed by atoms with Crippen LogP contribution in [0.25, 0.3) is 0 Å². The average Bonchev–Trinajstić information content (AvgIpc) is 2.81. The van der Waals surface area contributed by atoms with E-state index in [0.29, 0.717) is 18.8 Å². The molecule has 90 valence electrons. The molecule has 0 aliphatic heterocycles. The number of nitrogens with zero attached hydrogens (tertiary/aromatic N) is 2. The number of thiazole rings is 1. The molecule has 0 bridgehead atoms. The fourth-order valence-corrected chi connectivity index (χ4v) is 1.99. The summed E-state index contributed by atoms with van der Waals surface area (Å²) in [5.74, 6) is -0.0774. The van der Waals surface area contributed by atoms with Crippen molar-refractivity contribution in [2.24, 2.45) is 0 Å². The Hall–Kier alpha value is -0.940. The summed E-state index contributed by atoms with van der Waals surface area (Å²) in [6, 6.07) is 0. The van der Waals surface area contributed by atoms with Crippen molar-refractivity contribution in [3.63, 3.8) is 0 Å². The lowest BCUT2D eigenvalue weighted by Crippen LogP contribution is -2.34. The quantitative estimate of drug-likeness (QED) is 0.741. The van der Waals surface area contributed by atoms with Crippen LogP contribution in [0.15, 0.2) is 10.9 Å². The van der Waals surface area contributed by atoms with E-state index in [-0.39, 0.29) is 12.5 Å². The maximum Gasteiger partial charge on any atom is 0.273 e. The fraction of sp³-hybridized carbons (Fsp3) is 0.636. The van der Waals surface area contributed by atoms with Crippen LogP contribution in [-0.4, -0.2) is 40.6 Å². The smallest absolute Gasteiger partial charge is 0.273 e. The van der Waals surface area contributed by atoms with E-state index in [1.165, 1.54) is 11.3 Å². The lowest BCUT2D eigenvalue weighted by molar-refractivity contribution is 0.0713. The molecule has 1 aromatic rings. The average molecular weight is 242 g/mol. The standard InChI is InChI=1S/C11H18N2O2S/c1-2-3-4-5-13(6-7-14)11(15)10-8-16-9-12-10/h8-9,14H,2-7H2,1H3. The second kappa shape index (κ2) is 7.35. The van der Waals surface area contributed by atoms with Gasteiger partial charge >= 0.3 is 0 Å². The van der Waals surface area contributed by atoms with Crippen molar-refractivity contribution in [1.29, 1.82) is 0 Å². The highest BCUT2D eigenvalue weighted by atomic mass is 32.1. The molecule has 1 heterocycles. The van der Waals surface area contributed by atoms with Gasteiger partial charge in [-0.2, -0.15) is 0 Å². The zero-order chi connectivity index (χ0) is 11.8. The van der Waals surface area contributed by atoms with Crippen molar-refractivity contribution >= 4 is 17.2 Å². The second-order valence-corrected chi connectivity index (χ2v) is 4.32. The van der Waals surface area contributed by atoms with Crippen LogP contribution in [0.1, 0.15) is 36.7 Å². The number of carbonyl (C=O) groups excluding carboxylic acids is 1. The van der Waals surface area contributed by atoms with Gasteiger partial charge in [-0.1, -0.05) is 19.8 Å². The van der Waals surface area contributed by atoms with Crippen molar-refractivity contribution in [2.75, 3.05) is 19.7 Å². The summed E-state index contributed by atoms with van der Waals surface area (Å²) in [5.41, 5.74) is 2.13. The molecule has 1 N–H and O–H groups in total. The number of hydrogen-bond acceptors (Lipinski definition) is 4. The third-order valence-electron chi connectivity index (χ3n) is 2.34. The first-order valence-corrected chi connectivity index (χ1v) is 6.52. The number of rotatable bonds is 7. The molecule has 16 heavy (non-hydrogen) atoms. The molecule has 0 unspecified atom stereocenters. The molecule has 0 aliphatic carbocycles. The maximum absolute atomic E-state index is 11.9. The maximum atomic E-state index is 11.9. The molecule has 0 fully saturated rings. The van der Waals surface area contributed by atoms with Gasteiger partial charge in [-0.05, 0) is 6.42 Å². The summed E-state index contributed by atoms with van der Waals surface area (Å²) in [6.45, 7) is 3.21. The van der Waals surface area contributed by atoms with E-state index < -0.39 is 0 Å². The molecule has 4 nitrogen and oxygen atoms in total. The zero-order valence-electron chi connectivity index (χ0n) is 9.56. The van der Waals surface area contributed by atoms with Gasteiger partial charge in [0.2, 0.25) is 0 Å². The molecule has 0 radical (unpaired) electrons. The molecule has 0 aliphatic rings. The summed E-state index contributed by atoms with van der Waals surface area (Å²) in [5, 5.41) is 10.7. The minimum absolute atomic E-state index is 0.00199. The van der Waals surface area contributed by atoms with E-state index >= 15 is 0 Å². The van der Waals surface area contributed by atoms with Crippen LogP contribution in [0, 0.1) is 0 Å². The van der Waals surface area contributed by atoms with Gasteiger partial charge in [0.25, 0.3) is 5.91 Å². The number of carbonyl (C=O) groups is 1. The number of aliphatic hydroxyl groups excluding tert-OH is 1. The minimum atomic E-state index is -0.0774. The van der Waals surface area contributed by atoms with Crippen LogP contribution in [0.5, 0.6) is 0 Å². The Morgan fingerprint density at radius 2 is 2.31 bits per heavy atom. The predicted molar refractivity (Wildman–Crippen MR) is 64.6 cm³/mol. The summed E-state index contributed by atoms with van der Waals surface area (Å²) >= 11 is 1.41. The fourth-order valence-electron chi connectivity index (χ4n) is 1.47. The first kappa shape index (κ1) is 13.1. The van der Waals surface area contributed by atoms with E-state index in [9.17, 15) is 4.79 Å². The van der Waals surface area contributed by atoms with Gasteiger partial charge in [-0.3, -0.25) is 4.79 Å². The Balaban J connectivity index is 2.52. The molecule has 0 saturated carbocycles. The Kier molecular flexibility index (Phi) is 6.03. The van der Waals surface area contributed by atoms with Gasteiger partial charge in [0.15, 0.2) is 0 Å². The minimum Gasteiger partial charge on any atom is -0.395 e. The van der Waals surface area contributed by atoms with Gasteiger partial charge in [0.05, 0.1) is 12.1 Å².